The number of carbonyl (C=O) groups is 1. The maximum absolute atomic E-state index is 12.2. The molecule has 1 aliphatic heterocycles. The number of amides is 1. The van der Waals surface area contributed by atoms with Gasteiger partial charge in [-0.05, 0) is 23.8 Å². The smallest absolute Gasteiger partial charge is 0.238 e. The molecule has 0 spiro atoms. The molecular formula is C15H19ClN2O4S. The van der Waals surface area contributed by atoms with E-state index in [1.807, 2.05) is 0 Å². The number of likely N-dealkylation sites (N-methyl/N-ethyl adjacent to an activating group) is 1. The predicted octanol–water partition coefficient (Wildman–Crippen LogP) is 1.43. The first kappa shape index (κ1) is 17.9. The van der Waals surface area contributed by atoms with Crippen LogP contribution in [0.4, 0.5) is 0 Å². The van der Waals surface area contributed by atoms with E-state index in [0.717, 1.165) is 9.71 Å². The van der Waals surface area contributed by atoms with Crippen LogP contribution >= 0.6 is 11.6 Å². The lowest BCUT2D eigenvalue weighted by atomic mass is 10.2. The fourth-order valence-corrected chi connectivity index (χ4v) is 2.99. The van der Waals surface area contributed by atoms with Crippen LogP contribution in [0.5, 0.6) is 0 Å². The standard InChI is InChI=1S/C15H19ClN2O4S/c1-17(12-15(19)18-7-9-22-10-8-18)23(20,21)11-6-13-2-4-14(16)5-3-13/h2-6,11H,7-10,12H2,1H3/b11-6+. The molecule has 0 saturated carbocycles. The summed E-state index contributed by atoms with van der Waals surface area (Å²) in [5, 5.41) is 1.67. The molecule has 8 heteroatoms. The Morgan fingerprint density at radius 2 is 1.91 bits per heavy atom. The van der Waals surface area contributed by atoms with Crippen LogP contribution in [-0.2, 0) is 19.6 Å². The van der Waals surface area contributed by atoms with Gasteiger partial charge in [-0.1, -0.05) is 23.7 Å². The first-order valence-electron chi connectivity index (χ1n) is 7.14. The quantitative estimate of drug-likeness (QED) is 0.798. The highest BCUT2D eigenvalue weighted by molar-refractivity contribution is 7.92. The van der Waals surface area contributed by atoms with Gasteiger partial charge in [-0.25, -0.2) is 8.42 Å². The summed E-state index contributed by atoms with van der Waals surface area (Å²) in [6.45, 7) is 1.77. The average Bonchev–Trinajstić information content (AvgIpc) is 2.55. The van der Waals surface area contributed by atoms with Gasteiger partial charge in [0.1, 0.15) is 0 Å². The minimum absolute atomic E-state index is 0.187. The number of carbonyl (C=O) groups excluding carboxylic acids is 1. The molecule has 1 amide bonds. The molecule has 0 N–H and O–H groups in total. The number of benzene rings is 1. The third kappa shape index (κ3) is 5.31. The number of ether oxygens (including phenoxy) is 1. The average molecular weight is 359 g/mol. The van der Waals surface area contributed by atoms with Gasteiger partial charge >= 0.3 is 0 Å². The first-order chi connectivity index (χ1) is 10.9. The zero-order valence-corrected chi connectivity index (χ0v) is 14.4. The molecular weight excluding hydrogens is 340 g/mol. The van der Waals surface area contributed by atoms with E-state index in [4.69, 9.17) is 16.3 Å². The second kappa shape index (κ2) is 7.92. The van der Waals surface area contributed by atoms with Crippen LogP contribution in [0.15, 0.2) is 29.7 Å². The van der Waals surface area contributed by atoms with E-state index in [0.29, 0.717) is 36.9 Å². The highest BCUT2D eigenvalue weighted by atomic mass is 35.5. The second-order valence-electron chi connectivity index (χ2n) is 5.15. The molecule has 1 aromatic rings. The van der Waals surface area contributed by atoms with E-state index in [9.17, 15) is 13.2 Å². The van der Waals surface area contributed by atoms with Crippen molar-refractivity contribution >= 4 is 33.6 Å². The Morgan fingerprint density at radius 1 is 1.30 bits per heavy atom. The third-order valence-electron chi connectivity index (χ3n) is 3.46. The van der Waals surface area contributed by atoms with Gasteiger partial charge in [0.2, 0.25) is 15.9 Å². The highest BCUT2D eigenvalue weighted by Crippen LogP contribution is 2.12. The van der Waals surface area contributed by atoms with E-state index in [2.05, 4.69) is 0 Å². The number of halogens is 1. The lowest BCUT2D eigenvalue weighted by Gasteiger charge is -2.28. The molecule has 6 nitrogen and oxygen atoms in total. The molecule has 1 heterocycles. The monoisotopic (exact) mass is 358 g/mol. The molecule has 1 aliphatic rings. The van der Waals surface area contributed by atoms with Crippen LogP contribution in [-0.4, -0.2) is 63.4 Å². The van der Waals surface area contributed by atoms with Gasteiger partial charge in [-0.3, -0.25) is 4.79 Å². The minimum Gasteiger partial charge on any atom is -0.378 e. The molecule has 0 radical (unpaired) electrons. The van der Waals surface area contributed by atoms with E-state index < -0.39 is 10.0 Å². The van der Waals surface area contributed by atoms with Gasteiger partial charge in [0.15, 0.2) is 0 Å². The Bertz CT molecular complexity index is 667. The molecule has 0 unspecified atom stereocenters. The van der Waals surface area contributed by atoms with Crippen molar-refractivity contribution in [3.8, 4) is 0 Å². The number of hydrogen-bond donors (Lipinski definition) is 0. The SMILES string of the molecule is CN(CC(=O)N1CCOCC1)S(=O)(=O)/C=C/c1ccc(Cl)cc1. The molecule has 23 heavy (non-hydrogen) atoms. The van der Waals surface area contributed by atoms with Gasteiger partial charge in [0.25, 0.3) is 0 Å². The van der Waals surface area contributed by atoms with Crippen molar-refractivity contribution < 1.29 is 17.9 Å². The summed E-state index contributed by atoms with van der Waals surface area (Å²) in [4.78, 5) is 13.7. The summed E-state index contributed by atoms with van der Waals surface area (Å²) in [7, 11) is -2.27. The molecule has 1 aromatic carbocycles. The van der Waals surface area contributed by atoms with Crippen molar-refractivity contribution in [1.29, 1.82) is 0 Å². The Kier molecular flexibility index (Phi) is 6.17. The van der Waals surface area contributed by atoms with Crippen LogP contribution in [0.1, 0.15) is 5.56 Å². The minimum atomic E-state index is -3.66. The Morgan fingerprint density at radius 3 is 2.52 bits per heavy atom. The van der Waals surface area contributed by atoms with Crippen LogP contribution in [0.3, 0.4) is 0 Å². The molecule has 1 fully saturated rings. The largest absolute Gasteiger partial charge is 0.378 e. The van der Waals surface area contributed by atoms with Gasteiger partial charge in [0, 0.05) is 30.6 Å². The highest BCUT2D eigenvalue weighted by Gasteiger charge is 2.22. The van der Waals surface area contributed by atoms with E-state index in [-0.39, 0.29) is 12.5 Å². The second-order valence-corrected chi connectivity index (χ2v) is 7.51. The first-order valence-corrected chi connectivity index (χ1v) is 9.02. The number of nitrogens with zero attached hydrogens (tertiary/aromatic N) is 2. The lowest BCUT2D eigenvalue weighted by molar-refractivity contribution is -0.135. The Labute approximate surface area is 141 Å². The normalized spacial score (nSPS) is 16.2. The fraction of sp³-hybridized carbons (Fsp3) is 0.400. The molecule has 0 bridgehead atoms. The molecule has 1 saturated heterocycles. The summed E-state index contributed by atoms with van der Waals surface area (Å²) in [5.41, 5.74) is 0.714. The molecule has 126 valence electrons. The summed E-state index contributed by atoms with van der Waals surface area (Å²) in [5.74, 6) is -0.223. The molecule has 0 aromatic heterocycles. The van der Waals surface area contributed by atoms with Crippen molar-refractivity contribution in [2.45, 2.75) is 0 Å². The van der Waals surface area contributed by atoms with E-state index >= 15 is 0 Å². The topological polar surface area (TPSA) is 66.9 Å². The summed E-state index contributed by atoms with van der Waals surface area (Å²) in [6, 6.07) is 6.79. The molecule has 2 rings (SSSR count). The Balaban J connectivity index is 1.97. The van der Waals surface area contributed by atoms with Gasteiger partial charge in [-0.15, -0.1) is 0 Å². The van der Waals surface area contributed by atoms with Crippen LogP contribution in [0, 0.1) is 0 Å². The summed E-state index contributed by atoms with van der Waals surface area (Å²) < 4.78 is 30.6. The number of morpholine rings is 1. The van der Waals surface area contributed by atoms with Crippen LogP contribution in [0.2, 0.25) is 5.02 Å². The maximum atomic E-state index is 12.2. The van der Waals surface area contributed by atoms with E-state index in [1.54, 1.807) is 29.2 Å². The number of hydrogen-bond acceptors (Lipinski definition) is 4. The van der Waals surface area contributed by atoms with Crippen molar-refractivity contribution in [3.05, 3.63) is 40.3 Å². The van der Waals surface area contributed by atoms with Crippen molar-refractivity contribution in [3.63, 3.8) is 0 Å². The molecule has 0 atom stereocenters. The van der Waals surface area contributed by atoms with Crippen LogP contribution in [0.25, 0.3) is 6.08 Å². The van der Waals surface area contributed by atoms with Gasteiger partial charge in [-0.2, -0.15) is 4.31 Å². The number of sulfonamides is 1. The van der Waals surface area contributed by atoms with Crippen molar-refractivity contribution in [1.82, 2.24) is 9.21 Å². The summed E-state index contributed by atoms with van der Waals surface area (Å²) in [6.07, 6.45) is 1.47. The zero-order chi connectivity index (χ0) is 16.9. The van der Waals surface area contributed by atoms with Crippen molar-refractivity contribution in [2.24, 2.45) is 0 Å². The Hall–Kier alpha value is -1.41. The number of rotatable bonds is 5. The lowest BCUT2D eigenvalue weighted by Crippen LogP contribution is -2.45. The van der Waals surface area contributed by atoms with E-state index in [1.165, 1.54) is 13.1 Å². The van der Waals surface area contributed by atoms with Crippen molar-refractivity contribution in [2.75, 3.05) is 39.9 Å². The molecule has 0 aliphatic carbocycles. The fourth-order valence-electron chi connectivity index (χ4n) is 2.04. The predicted molar refractivity (Wildman–Crippen MR) is 89.4 cm³/mol. The maximum Gasteiger partial charge on any atom is 0.238 e. The summed E-state index contributed by atoms with van der Waals surface area (Å²) >= 11 is 5.78. The van der Waals surface area contributed by atoms with Crippen LogP contribution < -0.4 is 0 Å². The third-order valence-corrected chi connectivity index (χ3v) is 5.19. The van der Waals surface area contributed by atoms with Gasteiger partial charge in [0.05, 0.1) is 19.8 Å². The van der Waals surface area contributed by atoms with Gasteiger partial charge < -0.3 is 9.64 Å². The zero-order valence-electron chi connectivity index (χ0n) is 12.8.